The number of rotatable bonds is 4. The number of benzene rings is 1. The Morgan fingerprint density at radius 3 is 2.95 bits per heavy atom. The standard InChI is InChI=1S/C15H22N2O2/c1-10(16)7-11(2)17-15(18)13-8-12-5-3-4-6-14(12)19-9-13/h3-6,10-11,13H,7-9,16H2,1-2H3,(H,17,18). The van der Waals surface area contributed by atoms with Crippen LogP contribution in [0.3, 0.4) is 0 Å². The minimum absolute atomic E-state index is 0.0580. The Kier molecular flexibility index (Phi) is 4.43. The van der Waals surface area contributed by atoms with Gasteiger partial charge in [0.05, 0.1) is 5.92 Å². The fourth-order valence-electron chi connectivity index (χ4n) is 2.47. The molecule has 0 aromatic heterocycles. The first-order chi connectivity index (χ1) is 9.06. The highest BCUT2D eigenvalue weighted by atomic mass is 16.5. The van der Waals surface area contributed by atoms with Crippen LogP contribution in [0.15, 0.2) is 24.3 Å². The van der Waals surface area contributed by atoms with E-state index in [0.29, 0.717) is 6.61 Å². The molecular formula is C15H22N2O2. The summed E-state index contributed by atoms with van der Waals surface area (Å²) >= 11 is 0. The van der Waals surface area contributed by atoms with E-state index in [9.17, 15) is 4.79 Å². The van der Waals surface area contributed by atoms with Crippen LogP contribution < -0.4 is 15.8 Å². The maximum atomic E-state index is 12.2. The molecule has 0 spiro atoms. The maximum absolute atomic E-state index is 12.2. The second-order valence-corrected chi connectivity index (χ2v) is 5.44. The Morgan fingerprint density at radius 2 is 2.21 bits per heavy atom. The van der Waals surface area contributed by atoms with E-state index in [-0.39, 0.29) is 23.9 Å². The minimum atomic E-state index is -0.106. The molecule has 1 aromatic rings. The number of nitrogens with two attached hydrogens (primary N) is 1. The molecule has 3 N–H and O–H groups in total. The summed E-state index contributed by atoms with van der Waals surface area (Å²) in [6.07, 6.45) is 1.53. The van der Waals surface area contributed by atoms with E-state index < -0.39 is 0 Å². The number of ether oxygens (including phenoxy) is 1. The highest BCUT2D eigenvalue weighted by Crippen LogP contribution is 2.26. The van der Waals surface area contributed by atoms with Gasteiger partial charge in [0.1, 0.15) is 12.4 Å². The minimum Gasteiger partial charge on any atom is -0.492 e. The summed E-state index contributed by atoms with van der Waals surface area (Å²) in [7, 11) is 0. The fraction of sp³-hybridized carbons (Fsp3) is 0.533. The largest absolute Gasteiger partial charge is 0.492 e. The molecule has 0 radical (unpaired) electrons. The number of hydrogen-bond donors (Lipinski definition) is 2. The molecule has 3 unspecified atom stereocenters. The zero-order chi connectivity index (χ0) is 13.8. The van der Waals surface area contributed by atoms with Gasteiger partial charge in [0.2, 0.25) is 5.91 Å². The molecule has 0 aliphatic carbocycles. The lowest BCUT2D eigenvalue weighted by Gasteiger charge is -2.26. The highest BCUT2D eigenvalue weighted by molar-refractivity contribution is 5.79. The Balaban J connectivity index is 1.92. The van der Waals surface area contributed by atoms with Crippen molar-refractivity contribution in [3.63, 3.8) is 0 Å². The lowest BCUT2D eigenvalue weighted by molar-refractivity contribution is -0.126. The van der Waals surface area contributed by atoms with Gasteiger partial charge >= 0.3 is 0 Å². The molecule has 0 fully saturated rings. The van der Waals surface area contributed by atoms with E-state index in [1.165, 1.54) is 0 Å². The van der Waals surface area contributed by atoms with Crippen LogP contribution in [0.5, 0.6) is 5.75 Å². The second kappa shape index (κ2) is 6.06. The van der Waals surface area contributed by atoms with Crippen molar-refractivity contribution in [2.24, 2.45) is 11.7 Å². The lowest BCUT2D eigenvalue weighted by Crippen LogP contribution is -2.43. The maximum Gasteiger partial charge on any atom is 0.227 e. The van der Waals surface area contributed by atoms with Gasteiger partial charge in [-0.05, 0) is 38.3 Å². The highest BCUT2D eigenvalue weighted by Gasteiger charge is 2.26. The molecule has 1 aliphatic heterocycles. The summed E-state index contributed by atoms with van der Waals surface area (Å²) in [6, 6.07) is 8.08. The van der Waals surface area contributed by atoms with E-state index in [4.69, 9.17) is 10.5 Å². The monoisotopic (exact) mass is 262 g/mol. The number of amides is 1. The summed E-state index contributed by atoms with van der Waals surface area (Å²) in [4.78, 5) is 12.2. The van der Waals surface area contributed by atoms with Gasteiger partial charge in [0.25, 0.3) is 0 Å². The molecule has 1 aromatic carbocycles. The second-order valence-electron chi connectivity index (χ2n) is 5.44. The third kappa shape index (κ3) is 3.70. The van der Waals surface area contributed by atoms with Gasteiger partial charge in [-0.1, -0.05) is 18.2 Å². The molecular weight excluding hydrogens is 240 g/mol. The summed E-state index contributed by atoms with van der Waals surface area (Å²) in [5, 5.41) is 3.01. The number of carbonyl (C=O) groups excluding carboxylic acids is 1. The van der Waals surface area contributed by atoms with E-state index >= 15 is 0 Å². The summed E-state index contributed by atoms with van der Waals surface area (Å²) in [5.74, 6) is 0.850. The average Bonchev–Trinajstić information content (AvgIpc) is 2.37. The van der Waals surface area contributed by atoms with Gasteiger partial charge in [0, 0.05) is 12.1 Å². The number of para-hydroxylation sites is 1. The molecule has 2 rings (SSSR count). The number of hydrogen-bond acceptors (Lipinski definition) is 3. The van der Waals surface area contributed by atoms with Crippen LogP contribution in [0.4, 0.5) is 0 Å². The molecule has 1 amide bonds. The zero-order valence-corrected chi connectivity index (χ0v) is 11.6. The van der Waals surface area contributed by atoms with Crippen molar-refractivity contribution < 1.29 is 9.53 Å². The molecule has 19 heavy (non-hydrogen) atoms. The first-order valence-corrected chi connectivity index (χ1v) is 6.83. The number of carbonyl (C=O) groups is 1. The molecule has 4 heteroatoms. The van der Waals surface area contributed by atoms with Crippen molar-refractivity contribution in [3.8, 4) is 5.75 Å². The molecule has 0 saturated heterocycles. The van der Waals surface area contributed by atoms with E-state index in [0.717, 1.165) is 24.2 Å². The number of fused-ring (bicyclic) bond motifs is 1. The van der Waals surface area contributed by atoms with E-state index in [1.54, 1.807) is 0 Å². The van der Waals surface area contributed by atoms with Crippen molar-refractivity contribution in [1.29, 1.82) is 0 Å². The number of nitrogens with one attached hydrogen (secondary N) is 1. The van der Waals surface area contributed by atoms with Crippen LogP contribution in [0, 0.1) is 5.92 Å². The van der Waals surface area contributed by atoms with Crippen molar-refractivity contribution in [3.05, 3.63) is 29.8 Å². The Labute approximate surface area is 114 Å². The van der Waals surface area contributed by atoms with Gasteiger partial charge in [-0.25, -0.2) is 0 Å². The lowest BCUT2D eigenvalue weighted by atomic mass is 9.95. The Bertz CT molecular complexity index is 446. The Hall–Kier alpha value is -1.55. The van der Waals surface area contributed by atoms with Gasteiger partial charge in [0.15, 0.2) is 0 Å². The molecule has 104 valence electrons. The predicted molar refractivity (Wildman–Crippen MR) is 75.0 cm³/mol. The van der Waals surface area contributed by atoms with Gasteiger partial charge in [-0.3, -0.25) is 4.79 Å². The summed E-state index contributed by atoms with van der Waals surface area (Å²) in [6.45, 7) is 4.38. The quantitative estimate of drug-likeness (QED) is 0.864. The van der Waals surface area contributed by atoms with Gasteiger partial charge in [-0.2, -0.15) is 0 Å². The van der Waals surface area contributed by atoms with Crippen LogP contribution in [0.25, 0.3) is 0 Å². The third-order valence-electron chi connectivity index (χ3n) is 3.36. The van der Waals surface area contributed by atoms with Crippen LogP contribution in [0.2, 0.25) is 0 Å². The van der Waals surface area contributed by atoms with Crippen molar-refractivity contribution in [2.75, 3.05) is 6.61 Å². The van der Waals surface area contributed by atoms with Crippen molar-refractivity contribution in [1.82, 2.24) is 5.32 Å². The Morgan fingerprint density at radius 1 is 1.47 bits per heavy atom. The summed E-state index contributed by atoms with van der Waals surface area (Å²) < 4.78 is 5.63. The summed E-state index contributed by atoms with van der Waals surface area (Å²) in [5.41, 5.74) is 6.84. The molecule has 4 nitrogen and oxygen atoms in total. The molecule has 0 saturated carbocycles. The van der Waals surface area contributed by atoms with Gasteiger partial charge in [-0.15, -0.1) is 0 Å². The van der Waals surface area contributed by atoms with Crippen LogP contribution >= 0.6 is 0 Å². The third-order valence-corrected chi connectivity index (χ3v) is 3.36. The van der Waals surface area contributed by atoms with Gasteiger partial charge < -0.3 is 15.8 Å². The smallest absolute Gasteiger partial charge is 0.227 e. The van der Waals surface area contributed by atoms with E-state index in [2.05, 4.69) is 5.32 Å². The first-order valence-electron chi connectivity index (χ1n) is 6.83. The molecule has 1 aliphatic rings. The predicted octanol–water partition coefficient (Wildman–Crippen LogP) is 1.48. The zero-order valence-electron chi connectivity index (χ0n) is 11.6. The van der Waals surface area contributed by atoms with E-state index in [1.807, 2.05) is 38.1 Å². The molecule has 1 heterocycles. The van der Waals surface area contributed by atoms with Crippen LogP contribution in [-0.4, -0.2) is 24.6 Å². The topological polar surface area (TPSA) is 64.3 Å². The van der Waals surface area contributed by atoms with Crippen molar-refractivity contribution in [2.45, 2.75) is 38.8 Å². The molecule has 3 atom stereocenters. The fourth-order valence-corrected chi connectivity index (χ4v) is 2.47. The average molecular weight is 262 g/mol. The SMILES string of the molecule is CC(N)CC(C)NC(=O)C1COc2ccccc2C1. The van der Waals surface area contributed by atoms with Crippen LogP contribution in [0.1, 0.15) is 25.8 Å². The van der Waals surface area contributed by atoms with Crippen LogP contribution in [-0.2, 0) is 11.2 Å². The van der Waals surface area contributed by atoms with Crippen molar-refractivity contribution >= 4 is 5.91 Å². The normalized spacial score (nSPS) is 20.9. The first kappa shape index (κ1) is 13.9. The molecule has 0 bridgehead atoms.